The Morgan fingerprint density at radius 3 is 2.00 bits per heavy atom. The molecule has 0 unspecified atom stereocenters. The van der Waals surface area contributed by atoms with Crippen molar-refractivity contribution < 1.29 is 14.2 Å². The molecule has 0 saturated heterocycles. The van der Waals surface area contributed by atoms with Gasteiger partial charge in [0.15, 0.2) is 11.5 Å². The average molecular weight is 365 g/mol. The van der Waals surface area contributed by atoms with Crippen LogP contribution in [0.3, 0.4) is 0 Å². The van der Waals surface area contributed by atoms with E-state index in [1.807, 2.05) is 55.5 Å². The van der Waals surface area contributed by atoms with Gasteiger partial charge in [-0.2, -0.15) is 0 Å². The standard InChI is InChI=1S/C18H21BrO3/c1-2-20-17-7-3-4-8-18(17)22-14-6-5-13-21-16-11-9-15(19)10-12-16/h3-4,7-12H,2,5-6,13-14H2,1H3. The van der Waals surface area contributed by atoms with E-state index in [0.29, 0.717) is 19.8 Å². The van der Waals surface area contributed by atoms with Crippen LogP contribution in [0.4, 0.5) is 0 Å². The summed E-state index contributed by atoms with van der Waals surface area (Å²) in [5.41, 5.74) is 0. The summed E-state index contributed by atoms with van der Waals surface area (Å²) in [7, 11) is 0. The summed E-state index contributed by atoms with van der Waals surface area (Å²) < 4.78 is 18.0. The van der Waals surface area contributed by atoms with Gasteiger partial charge in [-0.25, -0.2) is 0 Å². The molecule has 4 heteroatoms. The number of benzene rings is 2. The zero-order valence-electron chi connectivity index (χ0n) is 12.8. The quantitative estimate of drug-likeness (QED) is 0.580. The lowest BCUT2D eigenvalue weighted by Crippen LogP contribution is -2.03. The first-order valence-corrected chi connectivity index (χ1v) is 8.32. The first kappa shape index (κ1) is 16.7. The van der Waals surface area contributed by atoms with E-state index >= 15 is 0 Å². The van der Waals surface area contributed by atoms with Crippen molar-refractivity contribution >= 4 is 15.9 Å². The fraction of sp³-hybridized carbons (Fsp3) is 0.333. The molecule has 22 heavy (non-hydrogen) atoms. The van der Waals surface area contributed by atoms with Crippen LogP contribution < -0.4 is 14.2 Å². The van der Waals surface area contributed by atoms with E-state index in [0.717, 1.165) is 34.6 Å². The van der Waals surface area contributed by atoms with Gasteiger partial charge in [0.1, 0.15) is 5.75 Å². The molecule has 2 rings (SSSR count). The second kappa shape index (κ2) is 9.36. The summed E-state index contributed by atoms with van der Waals surface area (Å²) in [5.74, 6) is 2.50. The normalized spacial score (nSPS) is 10.3. The van der Waals surface area contributed by atoms with Crippen molar-refractivity contribution in [3.63, 3.8) is 0 Å². The molecule has 2 aromatic carbocycles. The molecule has 3 nitrogen and oxygen atoms in total. The molecule has 0 bridgehead atoms. The number of para-hydroxylation sites is 2. The van der Waals surface area contributed by atoms with Crippen molar-refractivity contribution in [2.75, 3.05) is 19.8 Å². The maximum absolute atomic E-state index is 5.77. The van der Waals surface area contributed by atoms with Gasteiger partial charge in [-0.3, -0.25) is 0 Å². The maximum atomic E-state index is 5.77. The highest BCUT2D eigenvalue weighted by molar-refractivity contribution is 9.10. The Kier molecular flexibility index (Phi) is 7.10. The van der Waals surface area contributed by atoms with Crippen LogP contribution in [0.5, 0.6) is 17.2 Å². The van der Waals surface area contributed by atoms with Gasteiger partial charge in [0.25, 0.3) is 0 Å². The minimum atomic E-state index is 0.640. The minimum Gasteiger partial charge on any atom is -0.494 e. The van der Waals surface area contributed by atoms with Crippen LogP contribution in [-0.2, 0) is 0 Å². The molecule has 0 aromatic heterocycles. The molecule has 0 heterocycles. The molecule has 0 N–H and O–H groups in total. The maximum Gasteiger partial charge on any atom is 0.161 e. The molecule has 0 spiro atoms. The number of hydrogen-bond acceptors (Lipinski definition) is 3. The van der Waals surface area contributed by atoms with Gasteiger partial charge in [-0.05, 0) is 56.2 Å². The van der Waals surface area contributed by atoms with Gasteiger partial charge < -0.3 is 14.2 Å². The molecule has 2 aromatic rings. The van der Waals surface area contributed by atoms with Gasteiger partial charge >= 0.3 is 0 Å². The summed E-state index contributed by atoms with van der Waals surface area (Å²) in [5, 5.41) is 0. The average Bonchev–Trinajstić information content (AvgIpc) is 2.54. The molecular formula is C18H21BrO3. The number of halogens is 1. The Balaban J connectivity index is 1.64. The summed E-state index contributed by atoms with van der Waals surface area (Å²) in [4.78, 5) is 0. The molecule has 0 aliphatic carbocycles. The predicted molar refractivity (Wildman–Crippen MR) is 92.0 cm³/mol. The highest BCUT2D eigenvalue weighted by Gasteiger charge is 2.02. The lowest BCUT2D eigenvalue weighted by molar-refractivity contribution is 0.252. The Bertz CT molecular complexity index is 555. The van der Waals surface area contributed by atoms with E-state index in [-0.39, 0.29) is 0 Å². The molecular weight excluding hydrogens is 344 g/mol. The fourth-order valence-electron chi connectivity index (χ4n) is 1.95. The van der Waals surface area contributed by atoms with Crippen molar-refractivity contribution in [1.82, 2.24) is 0 Å². The fourth-order valence-corrected chi connectivity index (χ4v) is 2.22. The SMILES string of the molecule is CCOc1ccccc1OCCCCOc1ccc(Br)cc1. The van der Waals surface area contributed by atoms with Crippen LogP contribution >= 0.6 is 15.9 Å². The molecule has 0 fully saturated rings. The van der Waals surface area contributed by atoms with Crippen molar-refractivity contribution in [3.05, 3.63) is 53.0 Å². The van der Waals surface area contributed by atoms with E-state index in [1.54, 1.807) is 0 Å². The minimum absolute atomic E-state index is 0.640. The lowest BCUT2D eigenvalue weighted by Gasteiger charge is -2.11. The monoisotopic (exact) mass is 364 g/mol. The topological polar surface area (TPSA) is 27.7 Å². The van der Waals surface area contributed by atoms with Crippen LogP contribution in [-0.4, -0.2) is 19.8 Å². The second-order valence-corrected chi connectivity index (χ2v) is 5.65. The zero-order valence-corrected chi connectivity index (χ0v) is 14.3. The van der Waals surface area contributed by atoms with E-state index in [9.17, 15) is 0 Å². The summed E-state index contributed by atoms with van der Waals surface area (Å²) in [6, 6.07) is 15.6. The van der Waals surface area contributed by atoms with Gasteiger partial charge in [-0.15, -0.1) is 0 Å². The first-order chi connectivity index (χ1) is 10.8. The third kappa shape index (κ3) is 5.60. The van der Waals surface area contributed by atoms with Crippen LogP contribution in [0.15, 0.2) is 53.0 Å². The lowest BCUT2D eigenvalue weighted by atomic mass is 10.3. The zero-order chi connectivity index (χ0) is 15.6. The molecule has 0 aliphatic rings. The molecule has 0 atom stereocenters. The Morgan fingerprint density at radius 1 is 0.773 bits per heavy atom. The van der Waals surface area contributed by atoms with Crippen molar-refractivity contribution in [3.8, 4) is 17.2 Å². The van der Waals surface area contributed by atoms with Gasteiger partial charge in [-0.1, -0.05) is 28.1 Å². The summed E-state index contributed by atoms with van der Waals surface area (Å²) >= 11 is 3.40. The van der Waals surface area contributed by atoms with E-state index < -0.39 is 0 Å². The number of unbranched alkanes of at least 4 members (excludes halogenated alkanes) is 1. The van der Waals surface area contributed by atoms with E-state index in [1.165, 1.54) is 0 Å². The van der Waals surface area contributed by atoms with Crippen LogP contribution in [0.25, 0.3) is 0 Å². The van der Waals surface area contributed by atoms with Crippen molar-refractivity contribution in [1.29, 1.82) is 0 Å². The van der Waals surface area contributed by atoms with Crippen molar-refractivity contribution in [2.24, 2.45) is 0 Å². The Hall–Kier alpha value is -1.68. The van der Waals surface area contributed by atoms with Crippen molar-refractivity contribution in [2.45, 2.75) is 19.8 Å². The smallest absolute Gasteiger partial charge is 0.161 e. The Morgan fingerprint density at radius 2 is 1.36 bits per heavy atom. The van der Waals surface area contributed by atoms with E-state index in [4.69, 9.17) is 14.2 Å². The number of hydrogen-bond donors (Lipinski definition) is 0. The highest BCUT2D eigenvalue weighted by Crippen LogP contribution is 2.26. The molecule has 0 amide bonds. The molecule has 0 aliphatic heterocycles. The van der Waals surface area contributed by atoms with Crippen LogP contribution in [0.1, 0.15) is 19.8 Å². The highest BCUT2D eigenvalue weighted by atomic mass is 79.9. The van der Waals surface area contributed by atoms with Gasteiger partial charge in [0.05, 0.1) is 19.8 Å². The van der Waals surface area contributed by atoms with Gasteiger partial charge in [0.2, 0.25) is 0 Å². The third-order valence-corrected chi connectivity index (χ3v) is 3.56. The third-order valence-electron chi connectivity index (χ3n) is 3.03. The second-order valence-electron chi connectivity index (χ2n) is 4.74. The van der Waals surface area contributed by atoms with Crippen LogP contribution in [0, 0.1) is 0 Å². The largest absolute Gasteiger partial charge is 0.494 e. The summed E-state index contributed by atoms with van der Waals surface area (Å²) in [6.45, 7) is 3.96. The van der Waals surface area contributed by atoms with Crippen LogP contribution in [0.2, 0.25) is 0 Å². The predicted octanol–water partition coefficient (Wildman–Crippen LogP) is 5.09. The molecule has 118 valence electrons. The first-order valence-electron chi connectivity index (χ1n) is 7.52. The molecule has 0 saturated carbocycles. The molecule has 0 radical (unpaired) electrons. The number of rotatable bonds is 9. The summed E-state index contributed by atoms with van der Waals surface area (Å²) in [6.07, 6.45) is 1.89. The van der Waals surface area contributed by atoms with E-state index in [2.05, 4.69) is 15.9 Å². The number of ether oxygens (including phenoxy) is 3. The van der Waals surface area contributed by atoms with Gasteiger partial charge in [0, 0.05) is 4.47 Å². The Labute approximate surface area is 140 Å².